The first kappa shape index (κ1) is 30.4. The van der Waals surface area contributed by atoms with Crippen LogP contribution in [0.4, 0.5) is 5.82 Å². The van der Waals surface area contributed by atoms with E-state index < -0.39 is 5.97 Å². The SMILES string of the molecule is CC(=O)N1CCc2c(c(-c3cccc4cc(-c5ccc(COCC6CCN(c7ccc(C(=O)O)nn7)CC6)nc5)ncc34)nn2C)C1. The third-order valence-electron chi connectivity index (χ3n) is 9.24. The van der Waals surface area contributed by atoms with E-state index in [1.807, 2.05) is 47.2 Å². The lowest BCUT2D eigenvalue weighted by molar-refractivity contribution is -0.129. The molecule has 1 N–H and O–H groups in total. The second-order valence-corrected chi connectivity index (χ2v) is 12.2. The largest absolute Gasteiger partial charge is 0.476 e. The van der Waals surface area contributed by atoms with Crippen LogP contribution < -0.4 is 4.90 Å². The summed E-state index contributed by atoms with van der Waals surface area (Å²) in [6.07, 6.45) is 6.47. The second-order valence-electron chi connectivity index (χ2n) is 12.2. The van der Waals surface area contributed by atoms with Gasteiger partial charge in [0, 0.05) is 86.7 Å². The molecule has 0 unspecified atom stereocenters. The third kappa shape index (κ3) is 6.28. The van der Waals surface area contributed by atoms with Gasteiger partial charge < -0.3 is 19.6 Å². The fourth-order valence-corrected chi connectivity index (χ4v) is 6.54. The number of amides is 1. The van der Waals surface area contributed by atoms with Gasteiger partial charge in [-0.3, -0.25) is 19.4 Å². The minimum absolute atomic E-state index is 0.0508. The predicted molar refractivity (Wildman–Crippen MR) is 176 cm³/mol. The van der Waals surface area contributed by atoms with Crippen molar-refractivity contribution in [2.75, 3.05) is 31.1 Å². The number of rotatable bonds is 8. The van der Waals surface area contributed by atoms with Crippen LogP contribution in [0.1, 0.15) is 47.2 Å². The van der Waals surface area contributed by atoms with Crippen LogP contribution in [0.5, 0.6) is 0 Å². The minimum atomic E-state index is -1.08. The van der Waals surface area contributed by atoms with Gasteiger partial charge in [-0.1, -0.05) is 18.2 Å². The molecule has 4 aromatic heterocycles. The first-order valence-electron chi connectivity index (χ1n) is 15.9. The molecule has 240 valence electrons. The van der Waals surface area contributed by atoms with Crippen LogP contribution in [0.15, 0.2) is 60.9 Å². The maximum atomic E-state index is 12.1. The Kier molecular flexibility index (Phi) is 8.33. The fourth-order valence-electron chi connectivity index (χ4n) is 6.54. The molecule has 0 spiro atoms. The maximum Gasteiger partial charge on any atom is 0.356 e. The number of benzene rings is 1. The van der Waals surface area contributed by atoms with E-state index in [1.54, 1.807) is 13.0 Å². The number of fused-ring (bicyclic) bond motifs is 2. The van der Waals surface area contributed by atoms with E-state index >= 15 is 0 Å². The number of aryl methyl sites for hydroxylation is 1. The van der Waals surface area contributed by atoms with E-state index in [-0.39, 0.29) is 11.6 Å². The number of carbonyl (C=O) groups is 2. The lowest BCUT2D eigenvalue weighted by atomic mass is 9.97. The topological polar surface area (TPSA) is 139 Å². The van der Waals surface area contributed by atoms with Crippen LogP contribution in [0, 0.1) is 5.92 Å². The number of aromatic nitrogens is 6. The molecule has 12 nitrogen and oxygen atoms in total. The average molecular weight is 633 g/mol. The minimum Gasteiger partial charge on any atom is -0.476 e. The molecule has 1 fully saturated rings. The Balaban J connectivity index is 0.970. The van der Waals surface area contributed by atoms with E-state index in [0.29, 0.717) is 38.0 Å². The summed E-state index contributed by atoms with van der Waals surface area (Å²) in [4.78, 5) is 36.6. The van der Waals surface area contributed by atoms with Crippen molar-refractivity contribution in [3.8, 4) is 22.5 Å². The number of pyridine rings is 2. The van der Waals surface area contributed by atoms with Crippen molar-refractivity contribution in [3.05, 3.63) is 83.6 Å². The number of piperidine rings is 1. The Bertz CT molecular complexity index is 1930. The van der Waals surface area contributed by atoms with Gasteiger partial charge in [0.2, 0.25) is 5.91 Å². The summed E-state index contributed by atoms with van der Waals surface area (Å²) in [5, 5.41) is 23.8. The van der Waals surface area contributed by atoms with Crippen molar-refractivity contribution < 1.29 is 19.4 Å². The quantitative estimate of drug-likeness (QED) is 0.260. The Labute approximate surface area is 272 Å². The summed E-state index contributed by atoms with van der Waals surface area (Å²) in [6.45, 7) is 5.64. The van der Waals surface area contributed by atoms with Crippen molar-refractivity contribution in [1.82, 2.24) is 34.8 Å². The summed E-state index contributed by atoms with van der Waals surface area (Å²) in [6, 6.07) is 15.5. The van der Waals surface area contributed by atoms with Crippen LogP contribution in [-0.4, -0.2) is 78.1 Å². The zero-order valence-electron chi connectivity index (χ0n) is 26.5. The van der Waals surface area contributed by atoms with Crippen molar-refractivity contribution in [2.45, 2.75) is 39.3 Å². The molecule has 7 rings (SSSR count). The van der Waals surface area contributed by atoms with Gasteiger partial charge >= 0.3 is 5.97 Å². The highest BCUT2D eigenvalue weighted by Crippen LogP contribution is 2.35. The molecule has 12 heteroatoms. The molecule has 0 saturated carbocycles. The normalized spacial score (nSPS) is 15.2. The van der Waals surface area contributed by atoms with E-state index in [4.69, 9.17) is 19.9 Å². The molecule has 0 atom stereocenters. The van der Waals surface area contributed by atoms with E-state index in [0.717, 1.165) is 76.9 Å². The Morgan fingerprint density at radius 2 is 1.85 bits per heavy atom. The molecule has 1 amide bonds. The van der Waals surface area contributed by atoms with Gasteiger partial charge in [-0.15, -0.1) is 10.2 Å². The van der Waals surface area contributed by atoms with Gasteiger partial charge in [0.25, 0.3) is 0 Å². The van der Waals surface area contributed by atoms with Gasteiger partial charge in [-0.25, -0.2) is 4.79 Å². The highest BCUT2D eigenvalue weighted by Gasteiger charge is 2.27. The van der Waals surface area contributed by atoms with Gasteiger partial charge in [-0.2, -0.15) is 5.10 Å². The highest BCUT2D eigenvalue weighted by molar-refractivity contribution is 5.97. The Morgan fingerprint density at radius 1 is 1.00 bits per heavy atom. The first-order valence-corrected chi connectivity index (χ1v) is 15.9. The van der Waals surface area contributed by atoms with Crippen LogP contribution in [-0.2, 0) is 36.2 Å². The molecule has 1 aromatic carbocycles. The van der Waals surface area contributed by atoms with Crippen molar-refractivity contribution >= 4 is 28.5 Å². The predicted octanol–water partition coefficient (Wildman–Crippen LogP) is 4.52. The molecular weight excluding hydrogens is 596 g/mol. The summed E-state index contributed by atoms with van der Waals surface area (Å²) in [5.41, 5.74) is 6.80. The van der Waals surface area contributed by atoms with Crippen LogP contribution in [0.3, 0.4) is 0 Å². The highest BCUT2D eigenvalue weighted by atomic mass is 16.5. The summed E-state index contributed by atoms with van der Waals surface area (Å²) in [7, 11) is 1.97. The average Bonchev–Trinajstić information content (AvgIpc) is 3.43. The smallest absolute Gasteiger partial charge is 0.356 e. The lowest BCUT2D eigenvalue weighted by Crippen LogP contribution is -2.35. The molecule has 6 heterocycles. The van der Waals surface area contributed by atoms with Gasteiger partial charge in [0.1, 0.15) is 0 Å². The summed E-state index contributed by atoms with van der Waals surface area (Å²) in [5.74, 6) is 0.147. The number of aromatic carboxylic acids is 1. The van der Waals surface area contributed by atoms with Crippen LogP contribution in [0.25, 0.3) is 33.3 Å². The Hall–Kier alpha value is -5.23. The van der Waals surface area contributed by atoms with Crippen LogP contribution in [0.2, 0.25) is 0 Å². The lowest BCUT2D eigenvalue weighted by Gasteiger charge is -2.32. The summed E-state index contributed by atoms with van der Waals surface area (Å²) >= 11 is 0. The number of ether oxygens (including phenoxy) is 1. The van der Waals surface area contributed by atoms with Crippen molar-refractivity contribution in [1.29, 1.82) is 0 Å². The Morgan fingerprint density at radius 3 is 2.57 bits per heavy atom. The number of nitrogens with zero attached hydrogens (tertiary/aromatic N) is 8. The van der Waals surface area contributed by atoms with E-state index in [9.17, 15) is 9.59 Å². The van der Waals surface area contributed by atoms with Gasteiger partial charge in [0.15, 0.2) is 11.5 Å². The molecule has 47 heavy (non-hydrogen) atoms. The number of carboxylic acids is 1. The van der Waals surface area contributed by atoms with E-state index in [2.05, 4.69) is 38.3 Å². The van der Waals surface area contributed by atoms with Crippen LogP contribution >= 0.6 is 0 Å². The number of anilines is 1. The standard InChI is InChI=1S/C35H36N8O4/c1-22(44)43-15-12-32-29(19-43)34(40-41(32)2)27-5-3-4-24-16-31(37-18-28(24)27)25-6-7-26(36-17-25)21-47-20-23-10-13-42(14-11-23)33-9-8-30(35(45)46)38-39-33/h3-9,16-18,23H,10-15,19-21H2,1-2H3,(H,45,46). The molecule has 5 aromatic rings. The fraction of sp³-hybridized carbons (Fsp3) is 0.343. The molecule has 1 saturated heterocycles. The third-order valence-corrected chi connectivity index (χ3v) is 9.24. The number of hydrogen-bond acceptors (Lipinski definition) is 9. The van der Waals surface area contributed by atoms with Crippen molar-refractivity contribution in [3.63, 3.8) is 0 Å². The second kappa shape index (κ2) is 12.9. The molecular formula is C35H36N8O4. The molecule has 0 aliphatic carbocycles. The number of hydrogen-bond donors (Lipinski definition) is 1. The van der Waals surface area contributed by atoms with Crippen molar-refractivity contribution in [2.24, 2.45) is 13.0 Å². The number of carbonyl (C=O) groups excluding carboxylic acids is 1. The summed E-state index contributed by atoms with van der Waals surface area (Å²) < 4.78 is 7.99. The van der Waals surface area contributed by atoms with Gasteiger partial charge in [-0.05, 0) is 54.5 Å². The molecule has 0 radical (unpaired) electrons. The van der Waals surface area contributed by atoms with Gasteiger partial charge in [0.05, 0.1) is 30.3 Å². The molecule has 0 bridgehead atoms. The zero-order valence-corrected chi connectivity index (χ0v) is 26.5. The number of carboxylic acid groups (broad SMARTS) is 1. The monoisotopic (exact) mass is 632 g/mol. The zero-order chi connectivity index (χ0) is 32.5. The maximum absolute atomic E-state index is 12.1. The van der Waals surface area contributed by atoms with E-state index in [1.165, 1.54) is 11.8 Å². The molecule has 2 aliphatic rings. The molecule has 2 aliphatic heterocycles. The first-order chi connectivity index (χ1) is 22.8.